The summed E-state index contributed by atoms with van der Waals surface area (Å²) in [6, 6.07) is 1.80. The molecule has 1 heterocycles. The molecule has 6 heteroatoms. The summed E-state index contributed by atoms with van der Waals surface area (Å²) in [6.07, 6.45) is 2.27. The van der Waals surface area contributed by atoms with E-state index in [0.29, 0.717) is 6.42 Å². The van der Waals surface area contributed by atoms with Crippen molar-refractivity contribution in [2.75, 3.05) is 6.61 Å². The minimum atomic E-state index is -1.51. The fourth-order valence-electron chi connectivity index (χ4n) is 1.61. The maximum absolute atomic E-state index is 11.7. The number of hydrogen-bond acceptors (Lipinski definition) is 4. The highest BCUT2D eigenvalue weighted by molar-refractivity contribution is 5.98. The molecule has 0 radical (unpaired) electrons. The molecule has 1 N–H and O–H groups in total. The number of aromatic nitrogens is 2. The SMILES string of the molecule is CCOC(=O)C(C)(CCc1ccnn1C)C(=O)O. The lowest BCUT2D eigenvalue weighted by Gasteiger charge is -2.22. The van der Waals surface area contributed by atoms with E-state index in [1.54, 1.807) is 30.9 Å². The number of carboxylic acids is 1. The third-order valence-corrected chi connectivity index (χ3v) is 3.00. The molecule has 0 aliphatic carbocycles. The van der Waals surface area contributed by atoms with E-state index >= 15 is 0 Å². The monoisotopic (exact) mass is 254 g/mol. The van der Waals surface area contributed by atoms with E-state index in [-0.39, 0.29) is 13.0 Å². The predicted molar refractivity (Wildman–Crippen MR) is 63.9 cm³/mol. The summed E-state index contributed by atoms with van der Waals surface area (Å²) >= 11 is 0. The second-order valence-corrected chi connectivity index (χ2v) is 4.30. The summed E-state index contributed by atoms with van der Waals surface area (Å²) in [5, 5.41) is 13.2. The molecule has 1 aromatic rings. The first-order valence-electron chi connectivity index (χ1n) is 5.79. The Morgan fingerprint density at radius 3 is 2.67 bits per heavy atom. The number of carboxylic acid groups (broad SMARTS) is 1. The zero-order valence-corrected chi connectivity index (χ0v) is 10.8. The molecular weight excluding hydrogens is 236 g/mol. The Morgan fingerprint density at radius 2 is 2.22 bits per heavy atom. The lowest BCUT2D eigenvalue weighted by atomic mass is 9.85. The van der Waals surface area contributed by atoms with Crippen LogP contribution in [0.15, 0.2) is 12.3 Å². The molecule has 18 heavy (non-hydrogen) atoms. The van der Waals surface area contributed by atoms with E-state index in [9.17, 15) is 14.7 Å². The van der Waals surface area contributed by atoms with Crippen molar-refractivity contribution < 1.29 is 19.4 Å². The number of ether oxygens (including phenoxy) is 1. The summed E-state index contributed by atoms with van der Waals surface area (Å²) in [5.41, 5.74) is -0.632. The molecule has 0 aliphatic heterocycles. The van der Waals surface area contributed by atoms with E-state index in [2.05, 4.69) is 5.10 Å². The van der Waals surface area contributed by atoms with Gasteiger partial charge in [-0.25, -0.2) is 0 Å². The van der Waals surface area contributed by atoms with Crippen molar-refractivity contribution in [1.29, 1.82) is 0 Å². The maximum Gasteiger partial charge on any atom is 0.323 e. The van der Waals surface area contributed by atoms with Crippen molar-refractivity contribution in [2.45, 2.75) is 26.7 Å². The van der Waals surface area contributed by atoms with Crippen LogP contribution in [0.5, 0.6) is 0 Å². The Balaban J connectivity index is 2.78. The molecule has 0 saturated carbocycles. The highest BCUT2D eigenvalue weighted by atomic mass is 16.5. The van der Waals surface area contributed by atoms with Gasteiger partial charge in [0.25, 0.3) is 0 Å². The molecule has 0 aromatic carbocycles. The van der Waals surface area contributed by atoms with Crippen molar-refractivity contribution in [3.05, 3.63) is 18.0 Å². The Bertz CT molecular complexity index is 441. The zero-order valence-electron chi connectivity index (χ0n) is 10.8. The second-order valence-electron chi connectivity index (χ2n) is 4.30. The van der Waals surface area contributed by atoms with E-state index in [1.165, 1.54) is 6.92 Å². The topological polar surface area (TPSA) is 81.4 Å². The minimum Gasteiger partial charge on any atom is -0.480 e. The first kappa shape index (κ1) is 14.2. The minimum absolute atomic E-state index is 0.174. The van der Waals surface area contributed by atoms with Crippen LogP contribution in [0.3, 0.4) is 0 Å². The first-order valence-corrected chi connectivity index (χ1v) is 5.79. The van der Waals surface area contributed by atoms with E-state index in [4.69, 9.17) is 4.74 Å². The van der Waals surface area contributed by atoms with Gasteiger partial charge < -0.3 is 9.84 Å². The number of carbonyl (C=O) groups is 2. The number of rotatable bonds is 6. The number of hydrogen-bond donors (Lipinski definition) is 1. The van der Waals surface area contributed by atoms with Crippen LogP contribution in [0.1, 0.15) is 26.0 Å². The van der Waals surface area contributed by atoms with Crippen molar-refractivity contribution in [1.82, 2.24) is 9.78 Å². The summed E-state index contributed by atoms with van der Waals surface area (Å²) < 4.78 is 6.49. The Hall–Kier alpha value is -1.85. The molecular formula is C12H18N2O4. The molecule has 0 aliphatic rings. The van der Waals surface area contributed by atoms with E-state index in [1.807, 2.05) is 0 Å². The quantitative estimate of drug-likeness (QED) is 0.605. The van der Waals surface area contributed by atoms with Gasteiger partial charge in [-0.15, -0.1) is 0 Å². The first-order chi connectivity index (χ1) is 8.41. The van der Waals surface area contributed by atoms with Gasteiger partial charge in [0.2, 0.25) is 0 Å². The Labute approximate surface area is 106 Å². The van der Waals surface area contributed by atoms with E-state index in [0.717, 1.165) is 5.69 Å². The van der Waals surface area contributed by atoms with Crippen molar-refractivity contribution in [3.8, 4) is 0 Å². The highest BCUT2D eigenvalue weighted by Gasteiger charge is 2.42. The lowest BCUT2D eigenvalue weighted by Crippen LogP contribution is -2.38. The fraction of sp³-hybridized carbons (Fsp3) is 0.583. The number of carbonyl (C=O) groups excluding carboxylic acids is 1. The van der Waals surface area contributed by atoms with Gasteiger partial charge in [-0.05, 0) is 32.8 Å². The van der Waals surface area contributed by atoms with Crippen LogP contribution in [-0.2, 0) is 27.8 Å². The molecule has 0 fully saturated rings. The third-order valence-electron chi connectivity index (χ3n) is 3.00. The lowest BCUT2D eigenvalue weighted by molar-refractivity contribution is -0.167. The van der Waals surface area contributed by atoms with Crippen LogP contribution in [0.2, 0.25) is 0 Å². The third kappa shape index (κ3) is 2.88. The Morgan fingerprint density at radius 1 is 1.56 bits per heavy atom. The number of nitrogens with zero attached hydrogens (tertiary/aromatic N) is 2. The van der Waals surface area contributed by atoms with Gasteiger partial charge in [-0.3, -0.25) is 14.3 Å². The summed E-state index contributed by atoms with van der Waals surface area (Å²) in [6.45, 7) is 3.22. The van der Waals surface area contributed by atoms with Crippen molar-refractivity contribution >= 4 is 11.9 Å². The number of esters is 1. The average molecular weight is 254 g/mol. The number of aryl methyl sites for hydroxylation is 2. The molecule has 0 spiro atoms. The van der Waals surface area contributed by atoms with Crippen LogP contribution in [0.4, 0.5) is 0 Å². The summed E-state index contributed by atoms with van der Waals surface area (Å²) in [7, 11) is 1.78. The van der Waals surface area contributed by atoms with Gasteiger partial charge in [0.05, 0.1) is 6.61 Å². The van der Waals surface area contributed by atoms with Gasteiger partial charge >= 0.3 is 11.9 Å². The number of aliphatic carboxylic acids is 1. The zero-order chi connectivity index (χ0) is 13.8. The van der Waals surface area contributed by atoms with Crippen molar-refractivity contribution in [3.63, 3.8) is 0 Å². The standard InChI is InChI=1S/C12H18N2O4/c1-4-18-11(17)12(2,10(15)16)7-5-9-6-8-13-14(9)3/h6,8H,4-5,7H2,1-3H3,(H,15,16). The molecule has 1 aromatic heterocycles. The van der Waals surface area contributed by atoms with Crippen molar-refractivity contribution in [2.24, 2.45) is 12.5 Å². The van der Waals surface area contributed by atoms with Crippen LogP contribution in [0.25, 0.3) is 0 Å². The van der Waals surface area contributed by atoms with Gasteiger partial charge in [-0.1, -0.05) is 0 Å². The normalized spacial score (nSPS) is 13.9. The van der Waals surface area contributed by atoms with Crippen LogP contribution >= 0.6 is 0 Å². The van der Waals surface area contributed by atoms with E-state index < -0.39 is 17.4 Å². The molecule has 0 saturated heterocycles. The van der Waals surface area contributed by atoms with Gasteiger partial charge in [-0.2, -0.15) is 5.10 Å². The van der Waals surface area contributed by atoms with Gasteiger partial charge in [0.15, 0.2) is 5.41 Å². The molecule has 0 bridgehead atoms. The van der Waals surface area contributed by atoms with Gasteiger partial charge in [0, 0.05) is 18.9 Å². The molecule has 1 atom stereocenters. The molecule has 0 amide bonds. The molecule has 1 unspecified atom stereocenters. The van der Waals surface area contributed by atoms with Crippen LogP contribution < -0.4 is 0 Å². The molecule has 1 rings (SSSR count). The molecule has 6 nitrogen and oxygen atoms in total. The average Bonchev–Trinajstić information content (AvgIpc) is 2.71. The maximum atomic E-state index is 11.7. The Kier molecular flexibility index (Phi) is 4.47. The van der Waals surface area contributed by atoms with Crippen LogP contribution in [-0.4, -0.2) is 33.4 Å². The highest BCUT2D eigenvalue weighted by Crippen LogP contribution is 2.26. The summed E-state index contributed by atoms with van der Waals surface area (Å²) in [4.78, 5) is 23.0. The summed E-state index contributed by atoms with van der Waals surface area (Å²) in [5.74, 6) is -1.86. The fourth-order valence-corrected chi connectivity index (χ4v) is 1.61. The molecule has 100 valence electrons. The van der Waals surface area contributed by atoms with Crippen LogP contribution in [0, 0.1) is 5.41 Å². The largest absolute Gasteiger partial charge is 0.480 e. The second kappa shape index (κ2) is 5.66. The van der Waals surface area contributed by atoms with Gasteiger partial charge in [0.1, 0.15) is 0 Å². The predicted octanol–water partition coefficient (Wildman–Crippen LogP) is 1.01. The smallest absolute Gasteiger partial charge is 0.323 e.